The standard InChI is InChI=1S/C29H22F9N5O4/c1-46-27(45)21(41-26(44)23-19(31)9-16(10-20(23)32)42-6-7-47-13-22(42)29(36,37)38)11-15-2-3-17(25-39-4-5-43(15)25)24-18(28(33,34)35)8-14(30)12-40-24/h2-5,8-10,12,21-22H,6-7,11,13H2,1H3,(H,41,44)/t21-,22+/m0/s1. The fourth-order valence-corrected chi connectivity index (χ4v) is 5.19. The third kappa shape index (κ3) is 6.81. The van der Waals surface area contributed by atoms with Gasteiger partial charge in [-0.1, -0.05) is 0 Å². The second kappa shape index (κ2) is 12.7. The molecule has 2 atom stereocenters. The van der Waals surface area contributed by atoms with Crippen LogP contribution < -0.4 is 10.2 Å². The molecule has 250 valence electrons. The van der Waals surface area contributed by atoms with Gasteiger partial charge in [0.25, 0.3) is 5.91 Å². The van der Waals surface area contributed by atoms with Crippen molar-refractivity contribution in [2.75, 3.05) is 31.8 Å². The number of amides is 1. The van der Waals surface area contributed by atoms with Crippen LogP contribution in [0.25, 0.3) is 16.9 Å². The number of alkyl halides is 6. The zero-order valence-electron chi connectivity index (χ0n) is 23.9. The number of benzene rings is 1. The first-order valence-electron chi connectivity index (χ1n) is 13.6. The Morgan fingerprint density at radius 1 is 1.06 bits per heavy atom. The van der Waals surface area contributed by atoms with Crippen LogP contribution in [0.2, 0.25) is 0 Å². The van der Waals surface area contributed by atoms with E-state index in [-0.39, 0.29) is 36.1 Å². The Hall–Kier alpha value is -4.87. The molecule has 1 amide bonds. The molecule has 0 radical (unpaired) electrons. The van der Waals surface area contributed by atoms with Gasteiger partial charge in [0.05, 0.1) is 37.8 Å². The number of nitrogens with one attached hydrogen (secondary N) is 1. The summed E-state index contributed by atoms with van der Waals surface area (Å²) in [6.45, 7) is -1.26. The first-order valence-corrected chi connectivity index (χ1v) is 13.6. The van der Waals surface area contributed by atoms with Crippen LogP contribution in [0.15, 0.2) is 48.9 Å². The molecule has 3 aromatic heterocycles. The summed E-state index contributed by atoms with van der Waals surface area (Å²) in [6, 6.07) is 0.0328. The maximum absolute atomic E-state index is 15.1. The van der Waals surface area contributed by atoms with Gasteiger partial charge < -0.3 is 24.1 Å². The average molecular weight is 676 g/mol. The summed E-state index contributed by atoms with van der Waals surface area (Å²) in [7, 11) is 0.964. The molecule has 1 aromatic carbocycles. The summed E-state index contributed by atoms with van der Waals surface area (Å²) in [5, 5.41) is 2.14. The molecule has 18 heteroatoms. The van der Waals surface area contributed by atoms with E-state index in [1.165, 1.54) is 28.9 Å². The highest BCUT2D eigenvalue weighted by Crippen LogP contribution is 2.38. The number of imidazole rings is 1. The number of rotatable bonds is 7. The molecule has 0 spiro atoms. The van der Waals surface area contributed by atoms with Gasteiger partial charge in [-0.25, -0.2) is 22.9 Å². The van der Waals surface area contributed by atoms with Gasteiger partial charge in [-0.2, -0.15) is 26.3 Å². The Balaban J connectivity index is 1.44. The molecule has 1 aliphatic heterocycles. The molecule has 0 bridgehead atoms. The molecule has 9 nitrogen and oxygen atoms in total. The van der Waals surface area contributed by atoms with Gasteiger partial charge in [-0.15, -0.1) is 0 Å². The lowest BCUT2D eigenvalue weighted by Crippen LogP contribution is -2.53. The Labute approximate surface area is 258 Å². The molecule has 4 aromatic rings. The molecule has 5 rings (SSSR count). The highest BCUT2D eigenvalue weighted by atomic mass is 19.4. The summed E-state index contributed by atoms with van der Waals surface area (Å²) < 4.78 is 136. The van der Waals surface area contributed by atoms with Gasteiger partial charge >= 0.3 is 18.3 Å². The highest BCUT2D eigenvalue weighted by Gasteiger charge is 2.46. The summed E-state index contributed by atoms with van der Waals surface area (Å²) >= 11 is 0. The van der Waals surface area contributed by atoms with Crippen LogP contribution >= 0.6 is 0 Å². The zero-order valence-corrected chi connectivity index (χ0v) is 23.9. The average Bonchev–Trinajstić information content (AvgIpc) is 3.50. The lowest BCUT2D eigenvalue weighted by atomic mass is 10.0. The van der Waals surface area contributed by atoms with Crippen LogP contribution in [0.1, 0.15) is 21.6 Å². The van der Waals surface area contributed by atoms with Gasteiger partial charge in [0.1, 0.15) is 40.7 Å². The smallest absolute Gasteiger partial charge is 0.418 e. The Kier molecular flexibility index (Phi) is 9.07. The number of morpholine rings is 1. The van der Waals surface area contributed by atoms with Crippen molar-refractivity contribution in [1.82, 2.24) is 19.7 Å². The van der Waals surface area contributed by atoms with E-state index in [0.29, 0.717) is 23.2 Å². The van der Waals surface area contributed by atoms with Crippen LogP contribution in [-0.2, 0) is 26.9 Å². The summed E-state index contributed by atoms with van der Waals surface area (Å²) in [6.07, 6.45) is -7.06. The minimum atomic E-state index is -4.97. The molecular weight excluding hydrogens is 653 g/mol. The van der Waals surface area contributed by atoms with E-state index in [4.69, 9.17) is 9.47 Å². The second-order valence-corrected chi connectivity index (χ2v) is 10.3. The normalized spacial score (nSPS) is 16.3. The van der Waals surface area contributed by atoms with Crippen molar-refractivity contribution >= 4 is 23.2 Å². The van der Waals surface area contributed by atoms with Crippen molar-refractivity contribution in [3.8, 4) is 11.3 Å². The molecule has 0 aliphatic carbocycles. The van der Waals surface area contributed by atoms with Crippen LogP contribution in [0, 0.1) is 17.5 Å². The van der Waals surface area contributed by atoms with Gasteiger partial charge in [0.15, 0.2) is 0 Å². The molecule has 4 heterocycles. The summed E-state index contributed by atoms with van der Waals surface area (Å²) in [5.74, 6) is -6.76. The van der Waals surface area contributed by atoms with E-state index in [1.54, 1.807) is 0 Å². The van der Waals surface area contributed by atoms with E-state index < -0.39 is 89.3 Å². The molecule has 47 heavy (non-hydrogen) atoms. The fourth-order valence-electron chi connectivity index (χ4n) is 5.19. The van der Waals surface area contributed by atoms with Gasteiger partial charge in [0, 0.05) is 42.3 Å². The molecule has 1 saturated heterocycles. The number of esters is 1. The first kappa shape index (κ1) is 33.5. The lowest BCUT2D eigenvalue weighted by molar-refractivity contribution is -0.167. The minimum Gasteiger partial charge on any atom is -0.467 e. The van der Waals surface area contributed by atoms with E-state index >= 15 is 8.78 Å². The lowest BCUT2D eigenvalue weighted by Gasteiger charge is -2.38. The third-order valence-corrected chi connectivity index (χ3v) is 7.34. The molecule has 0 unspecified atom stereocenters. The number of nitrogens with zero attached hydrogens (tertiary/aromatic N) is 4. The molecule has 1 N–H and O–H groups in total. The number of hydrogen-bond acceptors (Lipinski definition) is 7. The molecule has 1 aliphatic rings. The number of pyridine rings is 2. The number of anilines is 1. The van der Waals surface area contributed by atoms with E-state index in [2.05, 4.69) is 15.3 Å². The zero-order chi connectivity index (χ0) is 34.3. The predicted octanol–water partition coefficient (Wildman–Crippen LogP) is 5.11. The van der Waals surface area contributed by atoms with Crippen molar-refractivity contribution < 1.29 is 58.6 Å². The molecule has 0 saturated carbocycles. The van der Waals surface area contributed by atoms with Crippen molar-refractivity contribution in [3.05, 3.63) is 83.2 Å². The van der Waals surface area contributed by atoms with E-state index in [1.807, 2.05) is 0 Å². The maximum Gasteiger partial charge on any atom is 0.418 e. The van der Waals surface area contributed by atoms with Gasteiger partial charge in [-0.3, -0.25) is 9.78 Å². The van der Waals surface area contributed by atoms with Crippen molar-refractivity contribution in [1.29, 1.82) is 0 Å². The van der Waals surface area contributed by atoms with Crippen molar-refractivity contribution in [2.24, 2.45) is 0 Å². The van der Waals surface area contributed by atoms with Crippen molar-refractivity contribution in [2.45, 2.75) is 30.9 Å². The van der Waals surface area contributed by atoms with Gasteiger partial charge in [0.2, 0.25) is 0 Å². The first-order chi connectivity index (χ1) is 22.1. The fraction of sp³-hybridized carbons (Fsp3) is 0.310. The number of fused-ring (bicyclic) bond motifs is 1. The second-order valence-electron chi connectivity index (χ2n) is 10.3. The topological polar surface area (TPSA) is 98.1 Å². The third-order valence-electron chi connectivity index (χ3n) is 7.34. The SMILES string of the molecule is COC(=O)[C@H](Cc1ccc(-c2ncc(F)cc2C(F)(F)F)c2nccn12)NC(=O)c1c(F)cc(N2CCOC[C@@H]2C(F)(F)F)cc1F. The minimum absolute atomic E-state index is 0.0880. The Bertz CT molecular complexity index is 1800. The van der Waals surface area contributed by atoms with Crippen LogP contribution in [0.5, 0.6) is 0 Å². The summed E-state index contributed by atoms with van der Waals surface area (Å²) in [5.41, 5.74) is -3.75. The quantitative estimate of drug-likeness (QED) is 0.215. The van der Waals surface area contributed by atoms with Crippen LogP contribution in [-0.4, -0.2) is 71.4 Å². The number of methoxy groups -OCH3 is 1. The largest absolute Gasteiger partial charge is 0.467 e. The number of ether oxygens (including phenoxy) is 2. The Morgan fingerprint density at radius 3 is 2.40 bits per heavy atom. The Morgan fingerprint density at radius 2 is 1.77 bits per heavy atom. The van der Waals surface area contributed by atoms with E-state index in [9.17, 15) is 40.3 Å². The van der Waals surface area contributed by atoms with Crippen LogP contribution in [0.4, 0.5) is 45.2 Å². The number of halogens is 9. The number of carbonyl (C=O) groups is 2. The molecular formula is C29H22F9N5O4. The maximum atomic E-state index is 15.1. The molecule has 1 fully saturated rings. The van der Waals surface area contributed by atoms with Crippen LogP contribution in [0.3, 0.4) is 0 Å². The van der Waals surface area contributed by atoms with Gasteiger partial charge in [-0.05, 0) is 30.3 Å². The number of aromatic nitrogens is 3. The van der Waals surface area contributed by atoms with E-state index in [0.717, 1.165) is 7.11 Å². The predicted molar refractivity (Wildman–Crippen MR) is 145 cm³/mol. The monoisotopic (exact) mass is 675 g/mol. The number of carbonyl (C=O) groups excluding carboxylic acids is 2. The highest BCUT2D eigenvalue weighted by molar-refractivity contribution is 5.97. The summed E-state index contributed by atoms with van der Waals surface area (Å²) in [4.78, 5) is 34.1. The van der Waals surface area contributed by atoms with Crippen molar-refractivity contribution in [3.63, 3.8) is 0 Å². The number of hydrogen-bond donors (Lipinski definition) is 1.